The monoisotopic (exact) mass is 1060 g/mol. The number of likely N-dealkylation sites (tertiary alicyclic amines) is 1. The number of halogens is 2. The quantitative estimate of drug-likeness (QED) is 0.148. The number of aromatic nitrogens is 3. The van der Waals surface area contributed by atoms with E-state index in [2.05, 4.69) is 64.7 Å². The number of methoxy groups -OCH3 is 1. The van der Waals surface area contributed by atoms with Crippen LogP contribution in [0.4, 0.5) is 14.5 Å². The van der Waals surface area contributed by atoms with Crippen LogP contribution in [-0.4, -0.2) is 168 Å². The van der Waals surface area contributed by atoms with Crippen LogP contribution in [0.2, 0.25) is 0 Å². The zero-order chi connectivity index (χ0) is 53.7. The maximum atomic E-state index is 16.5. The highest BCUT2D eigenvalue weighted by atomic mass is 32.1. The van der Waals surface area contributed by atoms with Crippen LogP contribution < -0.4 is 20.4 Å². The number of hydrogen-bond acceptors (Lipinski definition) is 14. The van der Waals surface area contributed by atoms with Crippen molar-refractivity contribution in [2.45, 2.75) is 110 Å². The average molecular weight is 1060 g/mol. The molecular weight excluding hydrogens is 987 g/mol. The van der Waals surface area contributed by atoms with Crippen LogP contribution in [0.25, 0.3) is 33.4 Å². The van der Waals surface area contributed by atoms with Crippen LogP contribution in [0.1, 0.15) is 82.7 Å². The fraction of sp³-hybridized carbons (Fsp3) is 0.574. The molecule has 9 rings (SSSR count). The van der Waals surface area contributed by atoms with Gasteiger partial charge in [0.05, 0.1) is 58.7 Å². The second kappa shape index (κ2) is 21.5. The molecule has 404 valence electrons. The van der Waals surface area contributed by atoms with Gasteiger partial charge in [0.1, 0.15) is 30.5 Å². The summed E-state index contributed by atoms with van der Waals surface area (Å²) < 4.78 is 51.1. The van der Waals surface area contributed by atoms with Crippen molar-refractivity contribution < 1.29 is 47.0 Å². The molecule has 3 saturated heterocycles. The minimum absolute atomic E-state index is 0.0511. The zero-order valence-corrected chi connectivity index (χ0v) is 45.1. The molecule has 18 nitrogen and oxygen atoms in total. The maximum Gasteiger partial charge on any atom is 0.324 e. The third kappa shape index (κ3) is 10.9. The highest BCUT2D eigenvalue weighted by molar-refractivity contribution is 7.10. The molecule has 6 bridgehead atoms. The number of hydrogen-bond donors (Lipinski definition) is 2. The summed E-state index contributed by atoms with van der Waals surface area (Å²) in [6, 6.07) is 3.04. The van der Waals surface area contributed by atoms with E-state index in [1.165, 1.54) is 23.4 Å². The van der Waals surface area contributed by atoms with Gasteiger partial charge in [-0.3, -0.25) is 34.0 Å². The van der Waals surface area contributed by atoms with E-state index in [1.54, 1.807) is 21.0 Å². The molecule has 21 heteroatoms. The first-order valence-electron chi connectivity index (χ1n) is 26.0. The largest absolute Gasteiger partial charge is 0.489 e. The van der Waals surface area contributed by atoms with Crippen LogP contribution in [0.15, 0.2) is 42.2 Å². The molecule has 4 amide bonds. The summed E-state index contributed by atoms with van der Waals surface area (Å²) in [6.07, 6.45) is 2.14. The van der Waals surface area contributed by atoms with Crippen molar-refractivity contribution in [2.24, 2.45) is 11.3 Å². The number of likely N-dealkylation sites (N-methyl/N-ethyl adjacent to an activating group) is 2. The normalized spacial score (nSPS) is 22.0. The lowest BCUT2D eigenvalue weighted by Crippen LogP contribution is -2.63. The van der Waals surface area contributed by atoms with Crippen LogP contribution in [0, 0.1) is 11.3 Å². The van der Waals surface area contributed by atoms with E-state index in [-0.39, 0.29) is 38.8 Å². The van der Waals surface area contributed by atoms with Gasteiger partial charge in [-0.1, -0.05) is 34.3 Å². The van der Waals surface area contributed by atoms with Crippen molar-refractivity contribution in [3.05, 3.63) is 58.4 Å². The Morgan fingerprint density at radius 3 is 2.45 bits per heavy atom. The van der Waals surface area contributed by atoms with Crippen LogP contribution in [0.3, 0.4) is 0 Å². The molecular formula is C54H70F2N10O8S. The van der Waals surface area contributed by atoms with Crippen molar-refractivity contribution in [1.82, 2.24) is 45.0 Å². The Bertz CT molecular complexity index is 2870. The summed E-state index contributed by atoms with van der Waals surface area (Å²) in [4.78, 5) is 86.7. The average Bonchev–Trinajstić information content (AvgIpc) is 4.00. The number of pyridine rings is 1. The molecule has 4 atom stereocenters. The van der Waals surface area contributed by atoms with Crippen LogP contribution in [-0.2, 0) is 52.8 Å². The first-order chi connectivity index (χ1) is 35.7. The number of carbonyl (C=O) groups is 5. The molecule has 0 aliphatic carbocycles. The molecule has 4 aromatic rings. The molecule has 0 saturated carbocycles. The summed E-state index contributed by atoms with van der Waals surface area (Å²) in [5.41, 5.74) is 7.24. The number of nitrogens with zero attached hydrogens (tertiary/aromatic N) is 8. The summed E-state index contributed by atoms with van der Waals surface area (Å²) in [7, 11) is 5.17. The first-order valence-corrected chi connectivity index (χ1v) is 26.9. The van der Waals surface area contributed by atoms with Gasteiger partial charge in [-0.15, -0.1) is 11.3 Å². The predicted molar refractivity (Wildman–Crippen MR) is 280 cm³/mol. The van der Waals surface area contributed by atoms with Crippen molar-refractivity contribution in [1.29, 1.82) is 0 Å². The van der Waals surface area contributed by atoms with Gasteiger partial charge < -0.3 is 43.7 Å². The maximum absolute atomic E-state index is 16.5. The summed E-state index contributed by atoms with van der Waals surface area (Å²) in [6.45, 7) is 17.1. The van der Waals surface area contributed by atoms with Gasteiger partial charge in [0.25, 0.3) is 17.7 Å². The summed E-state index contributed by atoms with van der Waals surface area (Å²) >= 11 is 1.33. The second-order valence-electron chi connectivity index (χ2n) is 21.9. The number of anilines is 1. The second-order valence-corrected chi connectivity index (χ2v) is 22.9. The van der Waals surface area contributed by atoms with E-state index in [9.17, 15) is 28.4 Å². The molecule has 5 aliphatic heterocycles. The highest BCUT2D eigenvalue weighted by Gasteiger charge is 2.48. The topological polar surface area (TPSA) is 184 Å². The number of rotatable bonds is 10. The number of amides is 4. The predicted octanol–water partition coefficient (Wildman–Crippen LogP) is 5.62. The molecule has 2 N–H and O–H groups in total. The number of alkyl halides is 1. The molecule has 0 spiro atoms. The number of piperazine rings is 1. The number of fused-ring (bicyclic) bond motifs is 6. The fourth-order valence-electron chi connectivity index (χ4n) is 11.2. The Labute approximate surface area is 440 Å². The molecule has 1 aromatic carbocycles. The first kappa shape index (κ1) is 53.8. The van der Waals surface area contributed by atoms with Gasteiger partial charge in [-0.2, -0.15) is 0 Å². The number of esters is 1. The number of thiazole rings is 1. The minimum Gasteiger partial charge on any atom is -0.489 e. The lowest BCUT2D eigenvalue weighted by molar-refractivity contribution is -0.156. The molecule has 8 heterocycles. The van der Waals surface area contributed by atoms with Gasteiger partial charge in [0.15, 0.2) is 11.5 Å². The van der Waals surface area contributed by atoms with Crippen molar-refractivity contribution in [3.63, 3.8) is 0 Å². The lowest BCUT2D eigenvalue weighted by Gasteiger charge is -2.40. The number of ether oxygens (including phenoxy) is 3. The van der Waals surface area contributed by atoms with Crippen molar-refractivity contribution >= 4 is 57.5 Å². The molecule has 0 radical (unpaired) electrons. The Morgan fingerprint density at radius 1 is 1.03 bits per heavy atom. The minimum atomic E-state index is -2.43. The van der Waals surface area contributed by atoms with Crippen LogP contribution >= 0.6 is 11.3 Å². The van der Waals surface area contributed by atoms with Gasteiger partial charge in [-0.05, 0) is 62.9 Å². The van der Waals surface area contributed by atoms with Crippen molar-refractivity contribution in [3.8, 4) is 28.3 Å². The van der Waals surface area contributed by atoms with Crippen molar-refractivity contribution in [2.75, 3.05) is 85.1 Å². The summed E-state index contributed by atoms with van der Waals surface area (Å²) in [5.74, 6) is -4.70. The number of cyclic esters (lactones) is 1. The number of hydrazine groups is 1. The van der Waals surface area contributed by atoms with Crippen LogP contribution in [0.5, 0.6) is 5.75 Å². The Kier molecular flexibility index (Phi) is 15.4. The molecule has 3 fully saturated rings. The molecule has 75 heavy (non-hydrogen) atoms. The standard InChI is InChI=1S/C54H70F2N10O8S/c1-31(2)45(62(8)52(71)54(56)12-15-64(16-13-54)49(68)32(3)55)48(67)59-40-26-43-58-41(29-75-43)34-23-36-38(27-53(5,6)30-74-51(70)39-11-10-14-66(60-39)50(40)69)46(65-21-22-73-42(24-34)47(36)65)37-25-35(28-57-44(37)33(4)72-9)63-19-17-61(7)18-20-63/h23-25,28-29,31,33,39-40,45,60H,3,10-22,26-27,30H2,1-2,4-9H3,(H,59,67)/t33-,39-,40-,45-/m0/s1. The highest BCUT2D eigenvalue weighted by Crippen LogP contribution is 2.47. The number of carbonyl (C=O) groups excluding carboxylic acids is 5. The summed E-state index contributed by atoms with van der Waals surface area (Å²) in [5, 5.41) is 7.66. The van der Waals surface area contributed by atoms with E-state index < -0.39 is 83.4 Å². The number of nitrogens with one attached hydrogen (secondary N) is 2. The van der Waals surface area contributed by atoms with Gasteiger partial charge in [0.2, 0.25) is 5.91 Å². The molecule has 5 aliphatic rings. The number of benzene rings is 1. The lowest BCUT2D eigenvalue weighted by atomic mass is 9.84. The van der Waals surface area contributed by atoms with Gasteiger partial charge in [0, 0.05) is 107 Å². The Balaban J connectivity index is 1.10. The molecule has 3 aromatic heterocycles. The van der Waals surface area contributed by atoms with Gasteiger partial charge >= 0.3 is 5.97 Å². The van der Waals surface area contributed by atoms with E-state index in [1.807, 2.05) is 24.6 Å². The Morgan fingerprint density at radius 2 is 1.76 bits per heavy atom. The Hall–Kier alpha value is -6.03. The molecule has 0 unspecified atom stereocenters. The SMILES string of the molecule is C=C(F)C(=O)N1CCC(F)(C(=O)N(C)[C@H](C(=O)N[C@H]2Cc3nc(cs3)-c3cc4c5c(c3)c(c(-c3cc(N6CCN(C)CC6)cnc3[C@H](C)OC)n5CCO4)CC(C)(C)COC(=O)[C@@H]3CCCN(N3)C2=O)C(C)C)CC1. The van der Waals surface area contributed by atoms with E-state index >= 15 is 4.39 Å². The number of piperidine rings is 1. The third-order valence-electron chi connectivity index (χ3n) is 15.5. The van der Waals surface area contributed by atoms with E-state index in [0.29, 0.717) is 48.9 Å². The van der Waals surface area contributed by atoms with E-state index in [4.69, 9.17) is 24.2 Å². The smallest absolute Gasteiger partial charge is 0.324 e. The zero-order valence-electron chi connectivity index (χ0n) is 44.3. The fourth-order valence-corrected chi connectivity index (χ4v) is 12.1. The van der Waals surface area contributed by atoms with E-state index in [0.717, 1.165) is 80.6 Å². The van der Waals surface area contributed by atoms with Gasteiger partial charge in [-0.25, -0.2) is 19.2 Å². The third-order valence-corrected chi connectivity index (χ3v) is 16.4.